The molecule has 2 N–H and O–H groups in total. The van der Waals surface area contributed by atoms with Crippen LogP contribution in [-0.4, -0.2) is 26.2 Å². The topological polar surface area (TPSA) is 58.8 Å². The molecule has 0 radical (unpaired) electrons. The van der Waals surface area contributed by atoms with E-state index in [1.807, 2.05) is 12.1 Å². The molecular formula is C16H24IN3O2S. The number of ether oxygens (including phenoxy) is 1. The first-order valence-electron chi connectivity index (χ1n) is 7.38. The van der Waals surface area contributed by atoms with Crippen LogP contribution in [0.1, 0.15) is 21.9 Å². The van der Waals surface area contributed by atoms with E-state index in [0.29, 0.717) is 13.2 Å². The highest BCUT2D eigenvalue weighted by Crippen LogP contribution is 2.14. The van der Waals surface area contributed by atoms with Gasteiger partial charge in [-0.3, -0.25) is 4.99 Å². The Kier molecular flexibility index (Phi) is 9.97. The van der Waals surface area contributed by atoms with Crippen molar-refractivity contribution in [3.05, 3.63) is 46.0 Å². The van der Waals surface area contributed by atoms with Crippen LogP contribution in [0.4, 0.5) is 0 Å². The number of nitrogens with zero attached hydrogens (tertiary/aromatic N) is 1. The van der Waals surface area contributed by atoms with Crippen LogP contribution >= 0.6 is 35.3 Å². The summed E-state index contributed by atoms with van der Waals surface area (Å²) in [5, 5.41) is 6.59. The normalized spacial score (nSPS) is 11.1. The number of furan rings is 1. The summed E-state index contributed by atoms with van der Waals surface area (Å²) in [5.41, 5.74) is 0. The lowest BCUT2D eigenvalue weighted by Crippen LogP contribution is -2.37. The molecule has 0 atom stereocenters. The van der Waals surface area contributed by atoms with Gasteiger partial charge < -0.3 is 19.8 Å². The van der Waals surface area contributed by atoms with Crippen LogP contribution in [0.2, 0.25) is 0 Å². The lowest BCUT2D eigenvalue weighted by molar-refractivity contribution is 0.105. The summed E-state index contributed by atoms with van der Waals surface area (Å²) >= 11 is 1.80. The molecule has 0 bridgehead atoms. The largest absolute Gasteiger partial charge is 0.467 e. The van der Waals surface area contributed by atoms with Crippen molar-refractivity contribution >= 4 is 41.3 Å². The predicted molar refractivity (Wildman–Crippen MR) is 106 cm³/mol. The molecule has 23 heavy (non-hydrogen) atoms. The molecule has 5 nitrogen and oxygen atoms in total. The maximum atomic E-state index is 5.53. The highest BCUT2D eigenvalue weighted by Gasteiger charge is 2.00. The van der Waals surface area contributed by atoms with Crippen LogP contribution in [0.25, 0.3) is 0 Å². The predicted octanol–water partition coefficient (Wildman–Crippen LogP) is 3.54. The summed E-state index contributed by atoms with van der Waals surface area (Å²) in [6.45, 7) is 4.95. The lowest BCUT2D eigenvalue weighted by Gasteiger charge is -2.11. The number of halogens is 1. The molecule has 0 saturated heterocycles. The highest BCUT2D eigenvalue weighted by atomic mass is 127. The van der Waals surface area contributed by atoms with Gasteiger partial charge in [0, 0.05) is 30.0 Å². The first-order valence-corrected chi connectivity index (χ1v) is 8.19. The van der Waals surface area contributed by atoms with Crippen molar-refractivity contribution in [1.82, 2.24) is 10.6 Å². The van der Waals surface area contributed by atoms with Crippen LogP contribution in [0.15, 0.2) is 39.9 Å². The molecule has 128 valence electrons. The molecular weight excluding hydrogens is 425 g/mol. The molecule has 7 heteroatoms. The fourth-order valence-corrected chi connectivity index (χ4v) is 2.75. The molecule has 0 unspecified atom stereocenters. The van der Waals surface area contributed by atoms with Gasteiger partial charge in [-0.2, -0.15) is 0 Å². The molecule has 0 saturated carbocycles. The van der Waals surface area contributed by atoms with E-state index >= 15 is 0 Å². The summed E-state index contributed by atoms with van der Waals surface area (Å²) in [5.74, 6) is 1.67. The Balaban J connectivity index is 0.00000264. The number of nitrogens with one attached hydrogen (secondary N) is 2. The third kappa shape index (κ3) is 7.85. The monoisotopic (exact) mass is 449 g/mol. The van der Waals surface area contributed by atoms with Crippen molar-refractivity contribution in [3.8, 4) is 0 Å². The first-order chi connectivity index (χ1) is 10.8. The second-order valence-electron chi connectivity index (χ2n) is 4.85. The van der Waals surface area contributed by atoms with Crippen LogP contribution in [0, 0.1) is 6.92 Å². The molecule has 0 aliphatic rings. The zero-order chi connectivity index (χ0) is 15.6. The number of thiophene rings is 1. The van der Waals surface area contributed by atoms with Crippen LogP contribution < -0.4 is 10.6 Å². The lowest BCUT2D eigenvalue weighted by atomic mass is 10.4. The van der Waals surface area contributed by atoms with Crippen molar-refractivity contribution in [2.45, 2.75) is 26.5 Å². The summed E-state index contributed by atoms with van der Waals surface area (Å²) in [6, 6.07) is 8.05. The highest BCUT2D eigenvalue weighted by molar-refractivity contribution is 14.0. The SMILES string of the molecule is CN=C(NCCCOCc1ccco1)NCc1ccc(C)s1.I. The first kappa shape index (κ1) is 20.0. The maximum absolute atomic E-state index is 5.53. The molecule has 0 fully saturated rings. The van der Waals surface area contributed by atoms with Crippen LogP contribution in [0.3, 0.4) is 0 Å². The molecule has 2 aromatic rings. The summed E-state index contributed by atoms with van der Waals surface area (Å²) in [6.07, 6.45) is 2.57. The molecule has 2 aromatic heterocycles. The average molecular weight is 449 g/mol. The van der Waals surface area contributed by atoms with Gasteiger partial charge >= 0.3 is 0 Å². The summed E-state index contributed by atoms with van der Waals surface area (Å²) < 4.78 is 10.7. The van der Waals surface area contributed by atoms with Crippen molar-refractivity contribution in [3.63, 3.8) is 0 Å². The Morgan fingerprint density at radius 2 is 2.17 bits per heavy atom. The molecule has 0 aromatic carbocycles. The van der Waals surface area contributed by atoms with E-state index in [0.717, 1.165) is 31.2 Å². The zero-order valence-electron chi connectivity index (χ0n) is 13.5. The molecule has 2 heterocycles. The van der Waals surface area contributed by atoms with Gasteiger partial charge in [-0.15, -0.1) is 35.3 Å². The Bertz CT molecular complexity index is 570. The third-order valence-corrected chi connectivity index (χ3v) is 4.03. The van der Waals surface area contributed by atoms with E-state index < -0.39 is 0 Å². The standard InChI is InChI=1S/C16H23N3O2S.HI/c1-13-6-7-15(22-13)11-19-16(17-2)18-8-4-9-20-12-14-5-3-10-21-14;/h3,5-7,10H,4,8-9,11-12H2,1-2H3,(H2,17,18,19);1H. The van der Waals surface area contributed by atoms with Crippen molar-refractivity contribution < 1.29 is 9.15 Å². The second kappa shape index (κ2) is 11.5. The van der Waals surface area contributed by atoms with E-state index in [1.54, 1.807) is 24.6 Å². The second-order valence-corrected chi connectivity index (χ2v) is 6.22. The smallest absolute Gasteiger partial charge is 0.191 e. The van der Waals surface area contributed by atoms with Crippen molar-refractivity contribution in [1.29, 1.82) is 0 Å². The Morgan fingerprint density at radius 3 is 2.83 bits per heavy atom. The van der Waals surface area contributed by atoms with Gasteiger partial charge in [-0.25, -0.2) is 0 Å². The van der Waals surface area contributed by atoms with Crippen molar-refractivity contribution in [2.24, 2.45) is 4.99 Å². The van der Waals surface area contributed by atoms with Gasteiger partial charge in [0.15, 0.2) is 5.96 Å². The molecule has 2 rings (SSSR count). The van der Waals surface area contributed by atoms with Crippen LogP contribution in [-0.2, 0) is 17.9 Å². The number of hydrogen-bond acceptors (Lipinski definition) is 4. The minimum absolute atomic E-state index is 0. The molecule has 0 spiro atoms. The number of aryl methyl sites for hydroxylation is 1. The fraction of sp³-hybridized carbons (Fsp3) is 0.438. The van der Waals surface area contributed by atoms with Gasteiger partial charge in [0.2, 0.25) is 0 Å². The minimum atomic E-state index is 0. The average Bonchev–Trinajstić information content (AvgIpc) is 3.17. The Labute approximate surface area is 158 Å². The Hall–Kier alpha value is -1.06. The number of rotatable bonds is 8. The third-order valence-electron chi connectivity index (χ3n) is 3.03. The van der Waals surface area contributed by atoms with Crippen molar-refractivity contribution in [2.75, 3.05) is 20.2 Å². The van der Waals surface area contributed by atoms with E-state index in [1.165, 1.54) is 9.75 Å². The van der Waals surface area contributed by atoms with E-state index in [2.05, 4.69) is 34.7 Å². The molecule has 0 aliphatic carbocycles. The number of aliphatic imine (C=N–C) groups is 1. The van der Waals surface area contributed by atoms with E-state index in [4.69, 9.17) is 9.15 Å². The molecule has 0 aliphatic heterocycles. The summed E-state index contributed by atoms with van der Waals surface area (Å²) in [4.78, 5) is 6.85. The van der Waals surface area contributed by atoms with E-state index in [9.17, 15) is 0 Å². The molecule has 0 amide bonds. The van der Waals surface area contributed by atoms with E-state index in [-0.39, 0.29) is 24.0 Å². The van der Waals surface area contributed by atoms with Gasteiger partial charge in [-0.05, 0) is 37.6 Å². The van der Waals surface area contributed by atoms with Gasteiger partial charge in [0.25, 0.3) is 0 Å². The van der Waals surface area contributed by atoms with Gasteiger partial charge in [0.1, 0.15) is 12.4 Å². The van der Waals surface area contributed by atoms with Crippen LogP contribution in [0.5, 0.6) is 0 Å². The summed E-state index contributed by atoms with van der Waals surface area (Å²) in [7, 11) is 1.78. The van der Waals surface area contributed by atoms with Gasteiger partial charge in [0.05, 0.1) is 12.8 Å². The Morgan fingerprint density at radius 1 is 1.30 bits per heavy atom. The maximum Gasteiger partial charge on any atom is 0.191 e. The minimum Gasteiger partial charge on any atom is -0.467 e. The van der Waals surface area contributed by atoms with Gasteiger partial charge in [-0.1, -0.05) is 0 Å². The fourth-order valence-electron chi connectivity index (χ4n) is 1.92. The number of guanidine groups is 1. The quantitative estimate of drug-likeness (QED) is 0.280. The zero-order valence-corrected chi connectivity index (χ0v) is 16.6. The number of hydrogen-bond donors (Lipinski definition) is 2.